The lowest BCUT2D eigenvalue weighted by molar-refractivity contribution is 0.343. The highest BCUT2D eigenvalue weighted by Crippen LogP contribution is 2.19. The molecule has 7 heteroatoms. The summed E-state index contributed by atoms with van der Waals surface area (Å²) in [5, 5.41) is 13.1. The van der Waals surface area contributed by atoms with Crippen molar-refractivity contribution >= 4 is 23.4 Å². The average Bonchev–Trinajstić information content (AvgIpc) is 2.83. The first-order valence-electron chi connectivity index (χ1n) is 5.96. The van der Waals surface area contributed by atoms with E-state index in [1.165, 1.54) is 0 Å². The molecule has 0 amide bonds. The smallest absolute Gasteiger partial charge is 0.209 e. The third kappa shape index (κ3) is 4.11. The summed E-state index contributed by atoms with van der Waals surface area (Å²) in [6.07, 6.45) is 0. The molecule has 0 saturated heterocycles. The Labute approximate surface area is 121 Å². The molecule has 0 aliphatic heterocycles. The maximum absolute atomic E-state index is 5.88. The first kappa shape index (κ1) is 14.1. The number of aromatic nitrogens is 4. The number of halogens is 1. The highest BCUT2D eigenvalue weighted by atomic mass is 35.5. The van der Waals surface area contributed by atoms with Gasteiger partial charge in [-0.2, -0.15) is 0 Å². The molecule has 0 aliphatic carbocycles. The molecule has 0 atom stereocenters. The summed E-state index contributed by atoms with van der Waals surface area (Å²) >= 11 is 7.45. The van der Waals surface area contributed by atoms with Crippen LogP contribution in [0.25, 0.3) is 0 Å². The molecule has 0 fully saturated rings. The Balaban J connectivity index is 1.79. The van der Waals surface area contributed by atoms with E-state index in [9.17, 15) is 0 Å². The standard InChI is InChI=1S/C12H15ClN4OS/c1-9(2)17-12(14-15-16-17)19-7-6-18-11-5-3-4-10(13)8-11/h3-5,8-9H,6-7H2,1-2H3. The number of nitrogens with zero attached hydrogens (tertiary/aromatic N) is 4. The quantitative estimate of drug-likeness (QED) is 0.606. The molecule has 102 valence electrons. The number of hydrogen-bond acceptors (Lipinski definition) is 5. The van der Waals surface area contributed by atoms with Crippen LogP contribution in [0.1, 0.15) is 19.9 Å². The van der Waals surface area contributed by atoms with Gasteiger partial charge in [0.1, 0.15) is 5.75 Å². The summed E-state index contributed by atoms with van der Waals surface area (Å²) in [6.45, 7) is 4.67. The van der Waals surface area contributed by atoms with Crippen molar-refractivity contribution in [3.05, 3.63) is 29.3 Å². The number of rotatable bonds is 6. The maximum Gasteiger partial charge on any atom is 0.209 e. The Bertz CT molecular complexity index is 532. The van der Waals surface area contributed by atoms with E-state index in [0.29, 0.717) is 11.6 Å². The van der Waals surface area contributed by atoms with Gasteiger partial charge in [-0.15, -0.1) is 5.10 Å². The molecule has 0 spiro atoms. The average molecular weight is 299 g/mol. The summed E-state index contributed by atoms with van der Waals surface area (Å²) in [5.74, 6) is 1.55. The van der Waals surface area contributed by atoms with Gasteiger partial charge in [0.05, 0.1) is 12.6 Å². The molecule has 1 aromatic carbocycles. The largest absolute Gasteiger partial charge is 0.493 e. The fourth-order valence-corrected chi connectivity index (χ4v) is 2.46. The first-order chi connectivity index (χ1) is 9.16. The second-order valence-electron chi connectivity index (χ2n) is 4.15. The maximum atomic E-state index is 5.88. The van der Waals surface area contributed by atoms with E-state index in [1.807, 2.05) is 32.0 Å². The van der Waals surface area contributed by atoms with Crippen molar-refractivity contribution in [3.63, 3.8) is 0 Å². The monoisotopic (exact) mass is 298 g/mol. The van der Waals surface area contributed by atoms with Crippen molar-refractivity contribution < 1.29 is 4.74 Å². The summed E-state index contributed by atoms with van der Waals surface area (Å²) in [6, 6.07) is 7.62. The Morgan fingerprint density at radius 1 is 1.42 bits per heavy atom. The van der Waals surface area contributed by atoms with Gasteiger partial charge >= 0.3 is 0 Å². The molecule has 0 radical (unpaired) electrons. The fourth-order valence-electron chi connectivity index (χ4n) is 1.45. The van der Waals surface area contributed by atoms with Crippen LogP contribution < -0.4 is 4.74 Å². The van der Waals surface area contributed by atoms with Gasteiger partial charge in [-0.25, -0.2) is 4.68 Å². The van der Waals surface area contributed by atoms with Crippen molar-refractivity contribution in [2.45, 2.75) is 25.0 Å². The van der Waals surface area contributed by atoms with Crippen LogP contribution in [0, 0.1) is 0 Å². The van der Waals surface area contributed by atoms with E-state index in [-0.39, 0.29) is 6.04 Å². The van der Waals surface area contributed by atoms with E-state index in [2.05, 4.69) is 15.5 Å². The molecule has 0 saturated carbocycles. The van der Waals surface area contributed by atoms with Gasteiger partial charge in [-0.3, -0.25) is 0 Å². The summed E-state index contributed by atoms with van der Waals surface area (Å²) in [7, 11) is 0. The summed E-state index contributed by atoms with van der Waals surface area (Å²) in [4.78, 5) is 0. The molecule has 2 aromatic rings. The lowest BCUT2D eigenvalue weighted by atomic mass is 10.3. The van der Waals surface area contributed by atoms with Crippen LogP contribution in [0.15, 0.2) is 29.4 Å². The van der Waals surface area contributed by atoms with Crippen LogP contribution in [-0.4, -0.2) is 32.6 Å². The van der Waals surface area contributed by atoms with E-state index >= 15 is 0 Å². The van der Waals surface area contributed by atoms with Crippen LogP contribution in [0.5, 0.6) is 5.75 Å². The fraction of sp³-hybridized carbons (Fsp3) is 0.417. The molecular formula is C12H15ClN4OS. The SMILES string of the molecule is CC(C)n1nnnc1SCCOc1cccc(Cl)c1. The van der Waals surface area contributed by atoms with Crippen molar-refractivity contribution in [2.75, 3.05) is 12.4 Å². The zero-order valence-corrected chi connectivity index (χ0v) is 12.4. The normalized spacial score (nSPS) is 10.9. The lowest BCUT2D eigenvalue weighted by Gasteiger charge is -2.08. The molecular weight excluding hydrogens is 284 g/mol. The molecule has 0 unspecified atom stereocenters. The number of ether oxygens (including phenoxy) is 1. The predicted molar refractivity (Wildman–Crippen MR) is 75.9 cm³/mol. The minimum absolute atomic E-state index is 0.256. The van der Waals surface area contributed by atoms with Crippen molar-refractivity contribution in [3.8, 4) is 5.75 Å². The third-order valence-electron chi connectivity index (χ3n) is 2.33. The molecule has 1 heterocycles. The Morgan fingerprint density at radius 2 is 2.26 bits per heavy atom. The molecule has 19 heavy (non-hydrogen) atoms. The lowest BCUT2D eigenvalue weighted by Crippen LogP contribution is -2.06. The second kappa shape index (κ2) is 6.77. The zero-order chi connectivity index (χ0) is 13.7. The molecule has 1 aromatic heterocycles. The van der Waals surface area contributed by atoms with Gasteiger partial charge in [0.2, 0.25) is 5.16 Å². The van der Waals surface area contributed by atoms with Crippen molar-refractivity contribution in [1.82, 2.24) is 20.2 Å². The van der Waals surface area contributed by atoms with Crippen LogP contribution in [0.3, 0.4) is 0 Å². The van der Waals surface area contributed by atoms with Gasteiger partial charge < -0.3 is 4.74 Å². The number of hydrogen-bond donors (Lipinski definition) is 0. The zero-order valence-electron chi connectivity index (χ0n) is 10.8. The van der Waals surface area contributed by atoms with Gasteiger partial charge in [0.15, 0.2) is 0 Å². The van der Waals surface area contributed by atoms with Crippen molar-refractivity contribution in [2.24, 2.45) is 0 Å². The van der Waals surface area contributed by atoms with Gasteiger partial charge in [-0.1, -0.05) is 29.4 Å². The molecule has 0 N–H and O–H groups in total. The van der Waals surface area contributed by atoms with Crippen LogP contribution >= 0.6 is 23.4 Å². The van der Waals surface area contributed by atoms with E-state index < -0.39 is 0 Å². The number of thioether (sulfide) groups is 1. The highest BCUT2D eigenvalue weighted by Gasteiger charge is 2.09. The van der Waals surface area contributed by atoms with Gasteiger partial charge in [0, 0.05) is 10.8 Å². The predicted octanol–water partition coefficient (Wildman–Crippen LogP) is 3.08. The molecule has 0 aliphatic rings. The van der Waals surface area contributed by atoms with Gasteiger partial charge in [-0.05, 0) is 42.5 Å². The Morgan fingerprint density at radius 3 is 3.00 bits per heavy atom. The van der Waals surface area contributed by atoms with Crippen molar-refractivity contribution in [1.29, 1.82) is 0 Å². The van der Waals surface area contributed by atoms with Crippen LogP contribution in [0.4, 0.5) is 0 Å². The third-order valence-corrected chi connectivity index (χ3v) is 3.46. The molecule has 2 rings (SSSR count). The minimum atomic E-state index is 0.256. The molecule has 5 nitrogen and oxygen atoms in total. The topological polar surface area (TPSA) is 52.8 Å². The van der Waals surface area contributed by atoms with E-state index in [4.69, 9.17) is 16.3 Å². The van der Waals surface area contributed by atoms with Crippen LogP contribution in [0.2, 0.25) is 5.02 Å². The summed E-state index contributed by atoms with van der Waals surface area (Å²) < 4.78 is 7.40. The second-order valence-corrected chi connectivity index (χ2v) is 5.65. The summed E-state index contributed by atoms with van der Waals surface area (Å²) in [5.41, 5.74) is 0. The number of tetrazole rings is 1. The minimum Gasteiger partial charge on any atom is -0.493 e. The molecule has 0 bridgehead atoms. The first-order valence-corrected chi connectivity index (χ1v) is 7.32. The number of benzene rings is 1. The Hall–Kier alpha value is -1.27. The van der Waals surface area contributed by atoms with Gasteiger partial charge in [0.25, 0.3) is 0 Å². The van der Waals surface area contributed by atoms with E-state index in [0.717, 1.165) is 16.7 Å². The van der Waals surface area contributed by atoms with Crippen LogP contribution in [-0.2, 0) is 0 Å². The Kier molecular flexibility index (Phi) is 5.04. The van der Waals surface area contributed by atoms with E-state index in [1.54, 1.807) is 22.5 Å². The highest BCUT2D eigenvalue weighted by molar-refractivity contribution is 7.99.